The molecule has 0 aromatic carbocycles. The van der Waals surface area contributed by atoms with Crippen molar-refractivity contribution >= 4 is 35.0 Å². The topological polar surface area (TPSA) is 54.0 Å². The third kappa shape index (κ3) is 3.93. The number of rotatable bonds is 5. The Morgan fingerprint density at radius 3 is 2.76 bits per heavy atom. The summed E-state index contributed by atoms with van der Waals surface area (Å²) in [5.74, 6) is 2.39. The van der Waals surface area contributed by atoms with E-state index in [2.05, 4.69) is 15.6 Å². The Balaban J connectivity index is 2.73. The fourth-order valence-corrected chi connectivity index (χ4v) is 1.57. The highest BCUT2D eigenvalue weighted by Crippen LogP contribution is 2.26. The summed E-state index contributed by atoms with van der Waals surface area (Å²) >= 11 is 11.8. The van der Waals surface area contributed by atoms with Gasteiger partial charge in [0.2, 0.25) is 0 Å². The van der Waals surface area contributed by atoms with E-state index in [0.717, 1.165) is 0 Å². The molecule has 1 heterocycles. The number of hydrogen-bond acceptors (Lipinski definition) is 4. The summed E-state index contributed by atoms with van der Waals surface area (Å²) in [4.78, 5) is 14.8. The Labute approximate surface area is 110 Å². The van der Waals surface area contributed by atoms with Crippen molar-refractivity contribution in [3.05, 3.63) is 27.5 Å². The second kappa shape index (κ2) is 6.50. The molecule has 92 valence electrons. The van der Waals surface area contributed by atoms with Gasteiger partial charge < -0.3 is 10.6 Å². The van der Waals surface area contributed by atoms with Gasteiger partial charge in [0.1, 0.15) is 17.5 Å². The number of carbonyl (C=O) groups excluding carboxylic acids is 1. The lowest BCUT2D eigenvalue weighted by atomic mass is 10.3. The van der Waals surface area contributed by atoms with E-state index in [9.17, 15) is 4.79 Å². The molecule has 0 fully saturated rings. The Morgan fingerprint density at radius 2 is 2.24 bits per heavy atom. The molecule has 0 saturated heterocycles. The quantitative estimate of drug-likeness (QED) is 0.810. The number of nitrogens with one attached hydrogen (secondary N) is 2. The van der Waals surface area contributed by atoms with Crippen LogP contribution in [0.25, 0.3) is 0 Å². The van der Waals surface area contributed by atoms with Gasteiger partial charge in [-0.25, -0.2) is 9.78 Å². The van der Waals surface area contributed by atoms with Crippen LogP contribution in [0.15, 0.2) is 11.8 Å². The van der Waals surface area contributed by atoms with Crippen LogP contribution in [0.5, 0.6) is 0 Å². The Morgan fingerprint density at radius 1 is 1.53 bits per heavy atom. The van der Waals surface area contributed by atoms with E-state index >= 15 is 0 Å². The Kier molecular flexibility index (Phi) is 5.29. The van der Waals surface area contributed by atoms with Gasteiger partial charge >= 0.3 is 0 Å². The number of halogens is 2. The molecule has 1 aromatic rings. The van der Waals surface area contributed by atoms with Crippen LogP contribution in [-0.4, -0.2) is 24.0 Å². The van der Waals surface area contributed by atoms with Gasteiger partial charge in [0.25, 0.3) is 0 Å². The average molecular weight is 274 g/mol. The third-order valence-corrected chi connectivity index (χ3v) is 2.91. The number of hydrogen-bond donors (Lipinski definition) is 2. The third-order valence-electron chi connectivity index (χ3n) is 2.04. The van der Waals surface area contributed by atoms with Gasteiger partial charge in [-0.05, 0) is 13.8 Å². The number of nitrogens with zero attached hydrogens (tertiary/aromatic N) is 1. The summed E-state index contributed by atoms with van der Waals surface area (Å²) < 4.78 is 0. The summed E-state index contributed by atoms with van der Waals surface area (Å²) in [6, 6.07) is 1.62. The van der Waals surface area contributed by atoms with Crippen molar-refractivity contribution in [2.75, 3.05) is 18.4 Å². The second-order valence-electron chi connectivity index (χ2n) is 3.35. The summed E-state index contributed by atoms with van der Waals surface area (Å²) in [5.41, 5.74) is 1.08. The molecule has 0 radical (unpaired) electrons. The number of pyridine rings is 1. The highest BCUT2D eigenvalue weighted by Gasteiger charge is 2.06. The first kappa shape index (κ1) is 13.8. The number of aromatic nitrogens is 1. The van der Waals surface area contributed by atoms with Gasteiger partial charge in [0, 0.05) is 12.6 Å². The number of likely N-dealkylation sites (N-methyl/N-ethyl adjacent to an activating group) is 1. The van der Waals surface area contributed by atoms with Crippen LogP contribution in [0.2, 0.25) is 10.0 Å². The maximum Gasteiger partial charge on any atom is 0.147 e. The molecule has 0 unspecified atom stereocenters. The van der Waals surface area contributed by atoms with Crippen LogP contribution in [0.3, 0.4) is 0 Å². The van der Waals surface area contributed by atoms with Crippen molar-refractivity contribution in [3.8, 4) is 0 Å². The zero-order valence-electron chi connectivity index (χ0n) is 9.60. The van der Waals surface area contributed by atoms with E-state index < -0.39 is 0 Å². The minimum absolute atomic E-state index is 0.321. The predicted molar refractivity (Wildman–Crippen MR) is 70.4 cm³/mol. The van der Waals surface area contributed by atoms with Gasteiger partial charge in [-0.2, -0.15) is 0 Å². The molecule has 0 bridgehead atoms. The smallest absolute Gasteiger partial charge is 0.147 e. The molecule has 0 aliphatic heterocycles. The van der Waals surface area contributed by atoms with Crippen molar-refractivity contribution < 1.29 is 4.79 Å². The lowest BCUT2D eigenvalue weighted by Crippen LogP contribution is -2.20. The molecule has 6 heteroatoms. The Bertz CT molecular complexity index is 433. The minimum Gasteiger partial charge on any atom is -0.378 e. The summed E-state index contributed by atoms with van der Waals surface area (Å²) in [5, 5.41) is 6.73. The van der Waals surface area contributed by atoms with Crippen molar-refractivity contribution in [1.29, 1.82) is 0 Å². The van der Waals surface area contributed by atoms with E-state index in [1.807, 2.05) is 12.9 Å². The van der Waals surface area contributed by atoms with Gasteiger partial charge in [0.15, 0.2) is 0 Å². The van der Waals surface area contributed by atoms with Gasteiger partial charge in [-0.3, -0.25) is 0 Å². The molecule has 1 aromatic heterocycles. The van der Waals surface area contributed by atoms with E-state index in [4.69, 9.17) is 23.2 Å². The normalized spacial score (nSPS) is 9.65. The summed E-state index contributed by atoms with van der Waals surface area (Å²) in [6.45, 7) is 4.65. The summed E-state index contributed by atoms with van der Waals surface area (Å²) in [7, 11) is 0. The van der Waals surface area contributed by atoms with Crippen LogP contribution < -0.4 is 10.6 Å². The van der Waals surface area contributed by atoms with Crippen molar-refractivity contribution in [2.24, 2.45) is 0 Å². The van der Waals surface area contributed by atoms with Crippen LogP contribution in [0, 0.1) is 6.92 Å². The minimum atomic E-state index is 0.321. The van der Waals surface area contributed by atoms with Gasteiger partial charge in [-0.1, -0.05) is 23.2 Å². The van der Waals surface area contributed by atoms with Crippen LogP contribution in [0.4, 0.5) is 5.82 Å². The molecule has 0 spiro atoms. The highest BCUT2D eigenvalue weighted by molar-refractivity contribution is 6.42. The lowest BCUT2D eigenvalue weighted by Gasteiger charge is -2.09. The fraction of sp³-hybridized carbons (Fsp3) is 0.364. The molecule has 0 aliphatic carbocycles. The van der Waals surface area contributed by atoms with Crippen molar-refractivity contribution in [3.63, 3.8) is 0 Å². The zero-order chi connectivity index (χ0) is 12.8. The Hall–Kier alpha value is -1.22. The summed E-state index contributed by atoms with van der Waals surface area (Å²) in [6.07, 6.45) is 0. The maximum absolute atomic E-state index is 10.6. The largest absolute Gasteiger partial charge is 0.378 e. The molecule has 0 atom stereocenters. The molecule has 2 N–H and O–H groups in total. The number of aryl methyl sites for hydroxylation is 1. The van der Waals surface area contributed by atoms with Gasteiger partial charge in [-0.15, -0.1) is 0 Å². The maximum atomic E-state index is 10.6. The molecular formula is C11H13Cl2N3O. The molecular weight excluding hydrogens is 261 g/mol. The van der Waals surface area contributed by atoms with Gasteiger partial charge in [0.05, 0.1) is 22.3 Å². The van der Waals surface area contributed by atoms with E-state index in [1.54, 1.807) is 13.0 Å². The van der Waals surface area contributed by atoms with Crippen LogP contribution in [0.1, 0.15) is 12.6 Å². The first-order valence-corrected chi connectivity index (χ1v) is 5.88. The molecule has 17 heavy (non-hydrogen) atoms. The first-order chi connectivity index (χ1) is 8.08. The molecule has 0 amide bonds. The fourth-order valence-electron chi connectivity index (χ4n) is 1.24. The SMILES string of the molecule is CCNC(=C=O)CNc1cc(Cl)c(Cl)c(C)n1. The lowest BCUT2D eigenvalue weighted by molar-refractivity contribution is 0.564. The molecule has 0 saturated carbocycles. The molecule has 4 nitrogen and oxygen atoms in total. The van der Waals surface area contributed by atoms with Crippen LogP contribution >= 0.6 is 23.2 Å². The standard InChI is InChI=1S/C11H13Cl2N3O/c1-3-14-8(6-17)5-15-10-4-9(12)11(13)7(2)16-10/h4,14H,3,5H2,1-2H3,(H,15,16). The van der Waals surface area contributed by atoms with E-state index in [0.29, 0.717) is 40.3 Å². The zero-order valence-corrected chi connectivity index (χ0v) is 11.1. The van der Waals surface area contributed by atoms with Crippen molar-refractivity contribution in [1.82, 2.24) is 10.3 Å². The average Bonchev–Trinajstić information content (AvgIpc) is 2.31. The first-order valence-electron chi connectivity index (χ1n) is 5.12. The monoisotopic (exact) mass is 273 g/mol. The molecule has 0 aliphatic rings. The van der Waals surface area contributed by atoms with E-state index in [-0.39, 0.29) is 0 Å². The predicted octanol–water partition coefficient (Wildman–Crippen LogP) is 2.43. The highest BCUT2D eigenvalue weighted by atomic mass is 35.5. The molecule has 1 rings (SSSR count). The van der Waals surface area contributed by atoms with E-state index in [1.165, 1.54) is 0 Å². The second-order valence-corrected chi connectivity index (χ2v) is 4.14. The van der Waals surface area contributed by atoms with Crippen LogP contribution in [-0.2, 0) is 4.79 Å². The number of anilines is 1. The van der Waals surface area contributed by atoms with Crippen molar-refractivity contribution in [2.45, 2.75) is 13.8 Å².